The minimum Gasteiger partial charge on any atom is -0.335 e. The first-order chi connectivity index (χ1) is 12.9. The number of thioether (sulfide) groups is 1. The van der Waals surface area contributed by atoms with Gasteiger partial charge in [-0.1, -0.05) is 35.5 Å². The molecule has 0 aliphatic carbocycles. The van der Waals surface area contributed by atoms with E-state index in [0.717, 1.165) is 14.5 Å². The standard InChI is InChI=1S/C17H14Br2ClN5OS/c1-9-6-11(18)15(12(19)7-9)22-14(26)8-27-17-24-23-16(25(17)21)10-4-2-3-5-13(10)20/h2-7H,8,21H2,1H3,(H,22,26). The zero-order valence-corrected chi connectivity index (χ0v) is 18.8. The fourth-order valence-corrected chi connectivity index (χ4v) is 4.82. The normalized spacial score (nSPS) is 10.8. The first-order valence-corrected chi connectivity index (χ1v) is 10.7. The predicted octanol–water partition coefficient (Wildman–Crippen LogP) is 4.88. The Labute approximate surface area is 182 Å². The molecule has 0 bridgehead atoms. The van der Waals surface area contributed by atoms with Gasteiger partial charge in [0.05, 0.1) is 16.5 Å². The number of anilines is 1. The number of nitrogen functional groups attached to an aromatic ring is 1. The highest BCUT2D eigenvalue weighted by Crippen LogP contribution is 2.33. The molecular formula is C17H14Br2ClN5OS. The maximum Gasteiger partial charge on any atom is 0.234 e. The molecule has 2 aromatic carbocycles. The zero-order chi connectivity index (χ0) is 19.6. The van der Waals surface area contributed by atoms with Gasteiger partial charge < -0.3 is 11.2 Å². The molecule has 1 aromatic heterocycles. The first-order valence-electron chi connectivity index (χ1n) is 7.70. The third kappa shape index (κ3) is 4.66. The summed E-state index contributed by atoms with van der Waals surface area (Å²) < 4.78 is 2.93. The van der Waals surface area contributed by atoms with Crippen LogP contribution in [-0.4, -0.2) is 26.5 Å². The Morgan fingerprint density at radius 1 is 1.26 bits per heavy atom. The maximum absolute atomic E-state index is 12.3. The average Bonchev–Trinajstić information content (AvgIpc) is 2.97. The van der Waals surface area contributed by atoms with Gasteiger partial charge in [0.1, 0.15) is 0 Å². The van der Waals surface area contributed by atoms with Gasteiger partial charge in [-0.15, -0.1) is 10.2 Å². The van der Waals surface area contributed by atoms with Crippen molar-refractivity contribution in [2.24, 2.45) is 0 Å². The largest absolute Gasteiger partial charge is 0.335 e. The summed E-state index contributed by atoms with van der Waals surface area (Å²) in [6.07, 6.45) is 0. The van der Waals surface area contributed by atoms with E-state index in [9.17, 15) is 4.79 Å². The van der Waals surface area contributed by atoms with Gasteiger partial charge in [-0.05, 0) is 68.6 Å². The Morgan fingerprint density at radius 3 is 2.59 bits per heavy atom. The van der Waals surface area contributed by atoms with Gasteiger partial charge in [0.15, 0.2) is 5.82 Å². The van der Waals surface area contributed by atoms with Crippen LogP contribution in [0.1, 0.15) is 5.56 Å². The Kier molecular flexibility index (Phi) is 6.46. The molecule has 3 N–H and O–H groups in total. The lowest BCUT2D eigenvalue weighted by atomic mass is 10.2. The van der Waals surface area contributed by atoms with E-state index in [1.165, 1.54) is 16.4 Å². The van der Waals surface area contributed by atoms with Gasteiger partial charge in [0.2, 0.25) is 11.1 Å². The van der Waals surface area contributed by atoms with E-state index in [4.69, 9.17) is 17.4 Å². The summed E-state index contributed by atoms with van der Waals surface area (Å²) in [6, 6.07) is 11.1. The number of aromatic nitrogens is 3. The Hall–Kier alpha value is -1.55. The molecule has 0 aliphatic rings. The van der Waals surface area contributed by atoms with E-state index in [1.54, 1.807) is 6.07 Å². The lowest BCUT2D eigenvalue weighted by Crippen LogP contribution is -2.17. The number of hydrogen-bond donors (Lipinski definition) is 2. The van der Waals surface area contributed by atoms with Gasteiger partial charge in [-0.3, -0.25) is 4.79 Å². The van der Waals surface area contributed by atoms with Crippen LogP contribution in [0.15, 0.2) is 50.5 Å². The van der Waals surface area contributed by atoms with Crippen LogP contribution in [-0.2, 0) is 4.79 Å². The third-order valence-electron chi connectivity index (χ3n) is 3.56. The van der Waals surface area contributed by atoms with Crippen LogP contribution in [0.3, 0.4) is 0 Å². The molecular weight excluding hydrogens is 518 g/mol. The predicted molar refractivity (Wildman–Crippen MR) is 117 cm³/mol. The number of aryl methyl sites for hydroxylation is 1. The van der Waals surface area contributed by atoms with Crippen molar-refractivity contribution in [2.45, 2.75) is 12.1 Å². The van der Waals surface area contributed by atoms with Gasteiger partial charge in [-0.25, -0.2) is 4.68 Å². The minimum atomic E-state index is -0.187. The average molecular weight is 532 g/mol. The molecule has 3 rings (SSSR count). The molecule has 0 fully saturated rings. The van der Waals surface area contributed by atoms with E-state index >= 15 is 0 Å². The van der Waals surface area contributed by atoms with Gasteiger partial charge >= 0.3 is 0 Å². The number of nitrogens with one attached hydrogen (secondary N) is 1. The Balaban J connectivity index is 1.69. The summed E-state index contributed by atoms with van der Waals surface area (Å²) in [5.41, 5.74) is 2.43. The van der Waals surface area contributed by atoms with Crippen LogP contribution in [0, 0.1) is 6.92 Å². The topological polar surface area (TPSA) is 85.8 Å². The molecule has 27 heavy (non-hydrogen) atoms. The zero-order valence-electron chi connectivity index (χ0n) is 14.0. The number of nitrogens with two attached hydrogens (primary N) is 1. The highest BCUT2D eigenvalue weighted by molar-refractivity contribution is 9.11. The number of carbonyl (C=O) groups excluding carboxylic acids is 1. The summed E-state index contributed by atoms with van der Waals surface area (Å²) in [5.74, 6) is 6.45. The molecule has 0 aliphatic heterocycles. The monoisotopic (exact) mass is 529 g/mol. The summed E-state index contributed by atoms with van der Waals surface area (Å²) in [5, 5.41) is 12.0. The van der Waals surface area contributed by atoms with E-state index in [2.05, 4.69) is 47.4 Å². The van der Waals surface area contributed by atoms with Crippen LogP contribution >= 0.6 is 55.2 Å². The molecule has 1 heterocycles. The van der Waals surface area contributed by atoms with Crippen molar-refractivity contribution >= 4 is 66.8 Å². The molecule has 0 radical (unpaired) electrons. The number of rotatable bonds is 5. The van der Waals surface area contributed by atoms with Crippen molar-refractivity contribution in [3.05, 3.63) is 55.9 Å². The third-order valence-corrected chi connectivity index (χ3v) is 6.09. The second kappa shape index (κ2) is 8.64. The number of amides is 1. The van der Waals surface area contributed by atoms with Crippen molar-refractivity contribution in [3.8, 4) is 11.4 Å². The molecule has 3 aromatic rings. The second-order valence-corrected chi connectivity index (χ2v) is 8.65. The van der Waals surface area contributed by atoms with E-state index < -0.39 is 0 Å². The Morgan fingerprint density at radius 2 is 1.93 bits per heavy atom. The van der Waals surface area contributed by atoms with Crippen LogP contribution in [0.25, 0.3) is 11.4 Å². The summed E-state index contributed by atoms with van der Waals surface area (Å²) in [6.45, 7) is 1.97. The molecule has 0 saturated heterocycles. The van der Waals surface area contributed by atoms with Crippen molar-refractivity contribution in [3.63, 3.8) is 0 Å². The molecule has 0 saturated carbocycles. The molecule has 0 unspecified atom stereocenters. The van der Waals surface area contributed by atoms with E-state index in [-0.39, 0.29) is 11.7 Å². The number of carbonyl (C=O) groups is 1. The van der Waals surface area contributed by atoms with Crippen molar-refractivity contribution in [1.29, 1.82) is 0 Å². The summed E-state index contributed by atoms with van der Waals surface area (Å²) >= 11 is 14.3. The number of benzene rings is 2. The molecule has 0 atom stereocenters. The molecule has 10 heteroatoms. The quantitative estimate of drug-likeness (QED) is 0.362. The van der Waals surface area contributed by atoms with Crippen LogP contribution < -0.4 is 11.2 Å². The van der Waals surface area contributed by atoms with Gasteiger partial charge in [0, 0.05) is 14.5 Å². The second-order valence-electron chi connectivity index (χ2n) is 5.60. The van der Waals surface area contributed by atoms with Crippen LogP contribution in [0.5, 0.6) is 0 Å². The van der Waals surface area contributed by atoms with Crippen molar-refractivity contribution < 1.29 is 4.79 Å². The Bertz CT molecular complexity index is 988. The van der Waals surface area contributed by atoms with E-state index in [1.807, 2.05) is 37.3 Å². The number of nitrogens with zero attached hydrogens (tertiary/aromatic N) is 3. The molecule has 0 spiro atoms. The van der Waals surface area contributed by atoms with Crippen LogP contribution in [0.2, 0.25) is 5.02 Å². The maximum atomic E-state index is 12.3. The molecule has 6 nitrogen and oxygen atoms in total. The van der Waals surface area contributed by atoms with Gasteiger partial charge in [-0.2, -0.15) is 0 Å². The number of halogens is 3. The van der Waals surface area contributed by atoms with E-state index in [0.29, 0.717) is 27.3 Å². The van der Waals surface area contributed by atoms with Gasteiger partial charge in [0.25, 0.3) is 0 Å². The van der Waals surface area contributed by atoms with Crippen molar-refractivity contribution in [2.75, 3.05) is 16.9 Å². The number of hydrogen-bond acceptors (Lipinski definition) is 5. The first kappa shape index (κ1) is 20.2. The summed E-state index contributed by atoms with van der Waals surface area (Å²) in [4.78, 5) is 12.3. The highest BCUT2D eigenvalue weighted by Gasteiger charge is 2.16. The summed E-state index contributed by atoms with van der Waals surface area (Å²) in [7, 11) is 0. The molecule has 140 valence electrons. The smallest absolute Gasteiger partial charge is 0.234 e. The minimum absolute atomic E-state index is 0.130. The molecule has 1 amide bonds. The fraction of sp³-hybridized carbons (Fsp3) is 0.118. The van der Waals surface area contributed by atoms with Crippen LogP contribution in [0.4, 0.5) is 5.69 Å². The van der Waals surface area contributed by atoms with Crippen molar-refractivity contribution in [1.82, 2.24) is 14.9 Å². The lowest BCUT2D eigenvalue weighted by Gasteiger charge is -2.10. The SMILES string of the molecule is Cc1cc(Br)c(NC(=O)CSc2nnc(-c3ccccc3Cl)n2N)c(Br)c1. The fourth-order valence-electron chi connectivity index (χ4n) is 2.33. The highest BCUT2D eigenvalue weighted by atomic mass is 79.9. The lowest BCUT2D eigenvalue weighted by molar-refractivity contribution is -0.113.